The number of fused-ring (bicyclic) bond motifs is 1. The molecule has 0 atom stereocenters. The third-order valence-electron chi connectivity index (χ3n) is 5.46. The first kappa shape index (κ1) is 24.9. The van der Waals surface area contributed by atoms with Crippen molar-refractivity contribution in [2.75, 3.05) is 6.61 Å². The first-order valence-electron chi connectivity index (χ1n) is 11.6. The molecule has 1 N–H and O–H groups in total. The van der Waals surface area contributed by atoms with Crippen molar-refractivity contribution in [3.05, 3.63) is 107 Å². The molecule has 0 spiro atoms. The molecule has 0 aliphatic heterocycles. The van der Waals surface area contributed by atoms with Crippen molar-refractivity contribution in [3.8, 4) is 11.5 Å². The van der Waals surface area contributed by atoms with Gasteiger partial charge in [0.2, 0.25) is 0 Å². The van der Waals surface area contributed by atoms with Crippen LogP contribution in [0.2, 0.25) is 5.02 Å². The molecular formula is C29H25ClN2O4. The molecule has 0 bridgehead atoms. The number of carbonyl (C=O) groups excluding carboxylic acids is 2. The highest BCUT2D eigenvalue weighted by molar-refractivity contribution is 6.30. The Morgan fingerprint density at radius 3 is 2.39 bits per heavy atom. The predicted molar refractivity (Wildman–Crippen MR) is 142 cm³/mol. The van der Waals surface area contributed by atoms with Crippen molar-refractivity contribution in [2.45, 2.75) is 19.8 Å². The van der Waals surface area contributed by atoms with Crippen LogP contribution in [0.3, 0.4) is 0 Å². The number of hydrogen-bond donors (Lipinski definition) is 1. The number of nitrogens with one attached hydrogen (secondary N) is 1. The average Bonchev–Trinajstić information content (AvgIpc) is 2.90. The molecule has 36 heavy (non-hydrogen) atoms. The third kappa shape index (κ3) is 6.29. The largest absolute Gasteiger partial charge is 0.494 e. The fraction of sp³-hybridized carbons (Fsp3) is 0.138. The van der Waals surface area contributed by atoms with Crippen LogP contribution in [-0.4, -0.2) is 24.7 Å². The number of rotatable bonds is 9. The number of amides is 1. The first-order valence-corrected chi connectivity index (χ1v) is 12.0. The standard InChI is InChI=1S/C29H25ClN2O4/c1-2-3-18-35-24-15-10-21(11-16-24)28(33)32-31-19-26-25-7-5-4-6-20(25)12-17-27(26)36-29(34)22-8-13-23(30)14-9-22/h4-17,19H,2-3,18H2,1H3,(H,32,33). The molecule has 6 nitrogen and oxygen atoms in total. The molecule has 0 radical (unpaired) electrons. The van der Waals surface area contributed by atoms with Crippen molar-refractivity contribution in [2.24, 2.45) is 5.10 Å². The van der Waals surface area contributed by atoms with E-state index in [2.05, 4.69) is 17.5 Å². The van der Waals surface area contributed by atoms with Gasteiger partial charge in [0.1, 0.15) is 11.5 Å². The topological polar surface area (TPSA) is 77.0 Å². The van der Waals surface area contributed by atoms with E-state index < -0.39 is 5.97 Å². The van der Waals surface area contributed by atoms with Crippen LogP contribution in [0.4, 0.5) is 0 Å². The third-order valence-corrected chi connectivity index (χ3v) is 5.71. The Balaban J connectivity index is 1.51. The second kappa shape index (κ2) is 12.0. The van der Waals surface area contributed by atoms with Crippen molar-refractivity contribution in [1.29, 1.82) is 0 Å². The number of unbranched alkanes of at least 4 members (excludes halogenated alkanes) is 1. The lowest BCUT2D eigenvalue weighted by Crippen LogP contribution is -2.17. The number of hydrogen-bond acceptors (Lipinski definition) is 5. The molecule has 0 unspecified atom stereocenters. The maximum Gasteiger partial charge on any atom is 0.343 e. The molecule has 4 aromatic rings. The molecule has 0 heterocycles. The number of esters is 1. The Morgan fingerprint density at radius 2 is 1.64 bits per heavy atom. The van der Waals surface area contributed by atoms with Crippen LogP contribution in [0.15, 0.2) is 90.0 Å². The van der Waals surface area contributed by atoms with E-state index in [1.807, 2.05) is 30.3 Å². The Morgan fingerprint density at radius 1 is 0.917 bits per heavy atom. The maximum absolute atomic E-state index is 12.7. The first-order chi connectivity index (χ1) is 17.5. The van der Waals surface area contributed by atoms with Crippen LogP contribution in [0.25, 0.3) is 10.8 Å². The van der Waals surface area contributed by atoms with E-state index in [4.69, 9.17) is 21.1 Å². The van der Waals surface area contributed by atoms with Crippen molar-refractivity contribution >= 4 is 40.5 Å². The van der Waals surface area contributed by atoms with Crippen LogP contribution in [0, 0.1) is 0 Å². The van der Waals surface area contributed by atoms with E-state index >= 15 is 0 Å². The molecule has 0 aliphatic carbocycles. The van der Waals surface area contributed by atoms with Crippen LogP contribution in [-0.2, 0) is 0 Å². The van der Waals surface area contributed by atoms with E-state index in [0.29, 0.717) is 39.8 Å². The molecule has 0 saturated carbocycles. The van der Waals surface area contributed by atoms with E-state index in [1.54, 1.807) is 54.6 Å². The highest BCUT2D eigenvalue weighted by atomic mass is 35.5. The Hall–Kier alpha value is -4.16. The number of carbonyl (C=O) groups is 2. The lowest BCUT2D eigenvalue weighted by molar-refractivity contribution is 0.0734. The van der Waals surface area contributed by atoms with Gasteiger partial charge in [0.15, 0.2) is 0 Å². The second-order valence-corrected chi connectivity index (χ2v) is 8.46. The Labute approximate surface area is 214 Å². The van der Waals surface area contributed by atoms with Gasteiger partial charge >= 0.3 is 5.97 Å². The van der Waals surface area contributed by atoms with Crippen LogP contribution in [0.1, 0.15) is 46.0 Å². The van der Waals surface area contributed by atoms with Gasteiger partial charge in [-0.2, -0.15) is 5.10 Å². The number of ether oxygens (including phenoxy) is 2. The molecule has 182 valence electrons. The quantitative estimate of drug-likeness (QED) is 0.0916. The smallest absolute Gasteiger partial charge is 0.343 e. The zero-order valence-corrected chi connectivity index (χ0v) is 20.5. The fourth-order valence-corrected chi connectivity index (χ4v) is 3.63. The lowest BCUT2D eigenvalue weighted by Gasteiger charge is -2.11. The van der Waals surface area contributed by atoms with Crippen molar-refractivity contribution < 1.29 is 19.1 Å². The van der Waals surface area contributed by atoms with Gasteiger partial charge in [0, 0.05) is 16.1 Å². The monoisotopic (exact) mass is 500 g/mol. The van der Waals surface area contributed by atoms with Gasteiger partial charge in [0.05, 0.1) is 18.4 Å². The van der Waals surface area contributed by atoms with Gasteiger partial charge in [0.25, 0.3) is 5.91 Å². The Kier molecular flexibility index (Phi) is 8.32. The van der Waals surface area contributed by atoms with Gasteiger partial charge in [-0.1, -0.05) is 55.3 Å². The van der Waals surface area contributed by atoms with Crippen LogP contribution < -0.4 is 14.9 Å². The molecule has 0 aromatic heterocycles. The lowest BCUT2D eigenvalue weighted by atomic mass is 10.0. The zero-order valence-electron chi connectivity index (χ0n) is 19.7. The Bertz CT molecular complexity index is 1380. The summed E-state index contributed by atoms with van der Waals surface area (Å²) in [6, 6.07) is 24.5. The summed E-state index contributed by atoms with van der Waals surface area (Å²) < 4.78 is 11.3. The molecule has 1 amide bonds. The van der Waals surface area contributed by atoms with E-state index in [1.165, 1.54) is 6.21 Å². The highest BCUT2D eigenvalue weighted by Gasteiger charge is 2.14. The zero-order chi connectivity index (χ0) is 25.3. The maximum atomic E-state index is 12.7. The van der Waals surface area contributed by atoms with Crippen molar-refractivity contribution in [3.63, 3.8) is 0 Å². The van der Waals surface area contributed by atoms with Crippen molar-refractivity contribution in [1.82, 2.24) is 5.43 Å². The molecule has 7 heteroatoms. The summed E-state index contributed by atoms with van der Waals surface area (Å²) in [4.78, 5) is 25.3. The molecule has 0 saturated heterocycles. The van der Waals surface area contributed by atoms with E-state index in [9.17, 15) is 9.59 Å². The van der Waals surface area contributed by atoms with Gasteiger partial charge in [-0.15, -0.1) is 0 Å². The molecule has 0 fully saturated rings. The van der Waals surface area contributed by atoms with Crippen LogP contribution in [0.5, 0.6) is 11.5 Å². The summed E-state index contributed by atoms with van der Waals surface area (Å²) in [7, 11) is 0. The highest BCUT2D eigenvalue weighted by Crippen LogP contribution is 2.27. The minimum atomic E-state index is -0.526. The van der Waals surface area contributed by atoms with Gasteiger partial charge in [-0.25, -0.2) is 10.2 Å². The molecular weight excluding hydrogens is 476 g/mol. The van der Waals surface area contributed by atoms with Gasteiger partial charge < -0.3 is 9.47 Å². The van der Waals surface area contributed by atoms with Gasteiger partial charge in [-0.3, -0.25) is 4.79 Å². The number of halogens is 1. The van der Waals surface area contributed by atoms with Crippen LogP contribution >= 0.6 is 11.6 Å². The average molecular weight is 501 g/mol. The summed E-state index contributed by atoms with van der Waals surface area (Å²) >= 11 is 5.92. The number of hydrazone groups is 1. The second-order valence-electron chi connectivity index (χ2n) is 8.02. The van der Waals surface area contributed by atoms with E-state index in [-0.39, 0.29) is 5.91 Å². The van der Waals surface area contributed by atoms with E-state index in [0.717, 1.165) is 23.6 Å². The van der Waals surface area contributed by atoms with Gasteiger partial charge in [-0.05, 0) is 71.8 Å². The number of benzene rings is 4. The molecule has 4 rings (SSSR count). The SMILES string of the molecule is CCCCOc1ccc(C(=O)NN=Cc2c(OC(=O)c3ccc(Cl)cc3)ccc3ccccc23)cc1. The molecule has 0 aliphatic rings. The summed E-state index contributed by atoms with van der Waals surface area (Å²) in [5, 5.41) is 6.43. The predicted octanol–water partition coefficient (Wildman–Crippen LogP) is 6.66. The summed E-state index contributed by atoms with van der Waals surface area (Å²) in [6.07, 6.45) is 3.51. The normalized spacial score (nSPS) is 10.9. The molecule has 4 aromatic carbocycles. The fourth-order valence-electron chi connectivity index (χ4n) is 3.50. The summed E-state index contributed by atoms with van der Waals surface area (Å²) in [5.74, 6) is 0.139. The number of nitrogens with zero attached hydrogens (tertiary/aromatic N) is 1. The minimum absolute atomic E-state index is 0.320. The minimum Gasteiger partial charge on any atom is -0.494 e. The summed E-state index contributed by atoms with van der Waals surface area (Å²) in [5.41, 5.74) is 3.92. The summed E-state index contributed by atoms with van der Waals surface area (Å²) in [6.45, 7) is 2.74.